The standard InChI is InChI=1S/C15H21NO2/c1-2-10-16(9-1)13-5-7-14(8-6-13)18-12-15-4-3-11-17-15/h5-8,15H,1-4,9-12H2. The fourth-order valence-corrected chi connectivity index (χ4v) is 2.69. The average Bonchev–Trinajstić information content (AvgIpc) is 3.10. The van der Waals surface area contributed by atoms with Gasteiger partial charge < -0.3 is 14.4 Å². The van der Waals surface area contributed by atoms with Gasteiger partial charge in [-0.25, -0.2) is 0 Å². The van der Waals surface area contributed by atoms with E-state index >= 15 is 0 Å². The summed E-state index contributed by atoms with van der Waals surface area (Å²) in [4.78, 5) is 2.43. The zero-order valence-corrected chi connectivity index (χ0v) is 10.8. The van der Waals surface area contributed by atoms with Crippen LogP contribution < -0.4 is 9.64 Å². The van der Waals surface area contributed by atoms with Gasteiger partial charge in [0.2, 0.25) is 0 Å². The Morgan fingerprint density at radius 3 is 2.56 bits per heavy atom. The van der Waals surface area contributed by atoms with Gasteiger partial charge in [-0.2, -0.15) is 0 Å². The molecule has 3 heteroatoms. The molecule has 0 aromatic heterocycles. The highest BCUT2D eigenvalue weighted by atomic mass is 16.5. The molecule has 2 fully saturated rings. The molecule has 0 radical (unpaired) electrons. The lowest BCUT2D eigenvalue weighted by atomic mass is 10.2. The average molecular weight is 247 g/mol. The van der Waals surface area contributed by atoms with Crippen molar-refractivity contribution in [1.29, 1.82) is 0 Å². The highest BCUT2D eigenvalue weighted by Gasteiger charge is 2.16. The SMILES string of the molecule is c1cc(N2CCCC2)ccc1OCC1CCCO1. The third kappa shape index (κ3) is 2.78. The van der Waals surface area contributed by atoms with Crippen molar-refractivity contribution in [2.75, 3.05) is 31.2 Å². The maximum atomic E-state index is 5.76. The second-order valence-corrected chi connectivity index (χ2v) is 5.13. The van der Waals surface area contributed by atoms with E-state index in [0.717, 1.165) is 18.8 Å². The predicted molar refractivity (Wildman–Crippen MR) is 72.4 cm³/mol. The Labute approximate surface area is 109 Å². The van der Waals surface area contributed by atoms with Crippen LogP contribution in [0.15, 0.2) is 24.3 Å². The number of hydrogen-bond acceptors (Lipinski definition) is 3. The predicted octanol–water partition coefficient (Wildman–Crippen LogP) is 2.84. The second-order valence-electron chi connectivity index (χ2n) is 5.13. The number of rotatable bonds is 4. The Balaban J connectivity index is 1.53. The molecule has 2 heterocycles. The van der Waals surface area contributed by atoms with Gasteiger partial charge in [-0.3, -0.25) is 0 Å². The lowest BCUT2D eigenvalue weighted by Crippen LogP contribution is -2.18. The fourth-order valence-electron chi connectivity index (χ4n) is 2.69. The van der Waals surface area contributed by atoms with Crippen molar-refractivity contribution in [3.8, 4) is 5.75 Å². The van der Waals surface area contributed by atoms with Gasteiger partial charge in [0.05, 0.1) is 6.10 Å². The molecular weight excluding hydrogens is 226 g/mol. The van der Waals surface area contributed by atoms with Crippen LogP contribution in [0, 0.1) is 0 Å². The monoisotopic (exact) mass is 247 g/mol. The molecule has 1 unspecified atom stereocenters. The molecule has 0 aliphatic carbocycles. The van der Waals surface area contributed by atoms with Crippen LogP contribution in [0.5, 0.6) is 5.75 Å². The molecule has 18 heavy (non-hydrogen) atoms. The summed E-state index contributed by atoms with van der Waals surface area (Å²) in [5.74, 6) is 0.952. The fraction of sp³-hybridized carbons (Fsp3) is 0.600. The molecule has 2 aliphatic heterocycles. The van der Waals surface area contributed by atoms with Crippen LogP contribution in [0.25, 0.3) is 0 Å². The molecule has 0 saturated carbocycles. The number of nitrogens with zero attached hydrogens (tertiary/aromatic N) is 1. The minimum Gasteiger partial charge on any atom is -0.491 e. The van der Waals surface area contributed by atoms with E-state index < -0.39 is 0 Å². The van der Waals surface area contributed by atoms with Gasteiger partial charge in [-0.1, -0.05) is 0 Å². The normalized spacial score (nSPS) is 23.6. The van der Waals surface area contributed by atoms with Gasteiger partial charge in [0, 0.05) is 25.4 Å². The minimum absolute atomic E-state index is 0.295. The summed E-state index contributed by atoms with van der Waals surface area (Å²) < 4.78 is 11.3. The lowest BCUT2D eigenvalue weighted by molar-refractivity contribution is 0.0679. The molecule has 3 nitrogen and oxygen atoms in total. The smallest absolute Gasteiger partial charge is 0.119 e. The highest BCUT2D eigenvalue weighted by Crippen LogP contribution is 2.23. The topological polar surface area (TPSA) is 21.7 Å². The van der Waals surface area contributed by atoms with Gasteiger partial charge >= 0.3 is 0 Å². The van der Waals surface area contributed by atoms with Crippen LogP contribution >= 0.6 is 0 Å². The quantitative estimate of drug-likeness (QED) is 0.816. The van der Waals surface area contributed by atoms with Gasteiger partial charge in [-0.05, 0) is 49.9 Å². The third-order valence-electron chi connectivity index (χ3n) is 3.77. The van der Waals surface area contributed by atoms with Crippen molar-refractivity contribution in [2.45, 2.75) is 31.8 Å². The second kappa shape index (κ2) is 5.61. The molecule has 0 spiro atoms. The van der Waals surface area contributed by atoms with E-state index in [-0.39, 0.29) is 0 Å². The zero-order chi connectivity index (χ0) is 12.2. The molecule has 0 amide bonds. The molecule has 3 rings (SSSR count). The number of ether oxygens (including phenoxy) is 2. The van der Waals surface area contributed by atoms with Crippen LogP contribution in [0.1, 0.15) is 25.7 Å². The van der Waals surface area contributed by atoms with E-state index in [9.17, 15) is 0 Å². The molecule has 2 saturated heterocycles. The van der Waals surface area contributed by atoms with Gasteiger partial charge in [0.25, 0.3) is 0 Å². The van der Waals surface area contributed by atoms with Gasteiger partial charge in [-0.15, -0.1) is 0 Å². The maximum Gasteiger partial charge on any atom is 0.119 e. The number of anilines is 1. The van der Waals surface area contributed by atoms with E-state index in [1.54, 1.807) is 0 Å². The maximum absolute atomic E-state index is 5.76. The van der Waals surface area contributed by atoms with Gasteiger partial charge in [0.1, 0.15) is 12.4 Å². The van der Waals surface area contributed by atoms with Crippen LogP contribution in [0.3, 0.4) is 0 Å². The Bertz CT molecular complexity index is 365. The largest absolute Gasteiger partial charge is 0.491 e. The molecule has 1 aromatic rings. The summed E-state index contributed by atoms with van der Waals surface area (Å²) in [6.45, 7) is 3.96. The molecule has 98 valence electrons. The number of benzene rings is 1. The Morgan fingerprint density at radius 2 is 1.89 bits per heavy atom. The molecule has 0 bridgehead atoms. The van der Waals surface area contributed by atoms with Crippen molar-refractivity contribution < 1.29 is 9.47 Å². The Hall–Kier alpha value is -1.22. The summed E-state index contributed by atoms with van der Waals surface area (Å²) in [6.07, 6.45) is 5.23. The van der Waals surface area contributed by atoms with Crippen molar-refractivity contribution in [3.63, 3.8) is 0 Å². The summed E-state index contributed by atoms with van der Waals surface area (Å²) in [5.41, 5.74) is 1.32. The van der Waals surface area contributed by atoms with E-state index in [4.69, 9.17) is 9.47 Å². The van der Waals surface area contributed by atoms with E-state index in [2.05, 4.69) is 29.2 Å². The lowest BCUT2D eigenvalue weighted by Gasteiger charge is -2.18. The summed E-state index contributed by atoms with van der Waals surface area (Å²) >= 11 is 0. The Morgan fingerprint density at radius 1 is 1.11 bits per heavy atom. The summed E-state index contributed by atoms with van der Waals surface area (Å²) in [5, 5.41) is 0. The van der Waals surface area contributed by atoms with Gasteiger partial charge in [0.15, 0.2) is 0 Å². The highest BCUT2D eigenvalue weighted by molar-refractivity contribution is 5.49. The molecule has 0 N–H and O–H groups in total. The van der Waals surface area contributed by atoms with E-state index in [0.29, 0.717) is 12.7 Å². The summed E-state index contributed by atoms with van der Waals surface area (Å²) in [6, 6.07) is 8.47. The number of hydrogen-bond donors (Lipinski definition) is 0. The Kier molecular flexibility index (Phi) is 3.69. The first-order valence-corrected chi connectivity index (χ1v) is 7.01. The molecule has 1 atom stereocenters. The van der Waals surface area contributed by atoms with Crippen LogP contribution in [0.2, 0.25) is 0 Å². The van der Waals surface area contributed by atoms with Crippen molar-refractivity contribution in [3.05, 3.63) is 24.3 Å². The van der Waals surface area contributed by atoms with Crippen LogP contribution in [-0.4, -0.2) is 32.4 Å². The third-order valence-corrected chi connectivity index (χ3v) is 3.77. The first-order valence-electron chi connectivity index (χ1n) is 7.01. The van der Waals surface area contributed by atoms with Crippen molar-refractivity contribution in [1.82, 2.24) is 0 Å². The van der Waals surface area contributed by atoms with Crippen molar-refractivity contribution >= 4 is 5.69 Å². The minimum atomic E-state index is 0.295. The van der Waals surface area contributed by atoms with Crippen LogP contribution in [-0.2, 0) is 4.74 Å². The first-order chi connectivity index (χ1) is 8.92. The van der Waals surface area contributed by atoms with E-state index in [1.807, 2.05) is 0 Å². The van der Waals surface area contributed by atoms with E-state index in [1.165, 1.54) is 38.0 Å². The summed E-state index contributed by atoms with van der Waals surface area (Å²) in [7, 11) is 0. The molecule has 1 aromatic carbocycles. The van der Waals surface area contributed by atoms with Crippen molar-refractivity contribution in [2.24, 2.45) is 0 Å². The molecule has 2 aliphatic rings. The molecular formula is C15H21NO2. The zero-order valence-electron chi connectivity index (χ0n) is 10.8. The van der Waals surface area contributed by atoms with Crippen LogP contribution in [0.4, 0.5) is 5.69 Å². The first kappa shape index (κ1) is 11.8.